The molecule has 0 saturated heterocycles. The van der Waals surface area contributed by atoms with Gasteiger partial charge in [0.1, 0.15) is 24.7 Å². The summed E-state index contributed by atoms with van der Waals surface area (Å²) in [7, 11) is -4.03. The van der Waals surface area contributed by atoms with Crippen LogP contribution in [0.3, 0.4) is 0 Å². The lowest BCUT2D eigenvalue weighted by Crippen LogP contribution is -2.42. The van der Waals surface area contributed by atoms with Crippen LogP contribution in [-0.4, -0.2) is 40.6 Å². The van der Waals surface area contributed by atoms with E-state index in [4.69, 9.17) is 9.47 Å². The molecule has 0 aliphatic rings. The lowest BCUT2D eigenvalue weighted by atomic mass is 10.1. The highest BCUT2D eigenvalue weighted by Crippen LogP contribution is 2.32. The number of amides is 1. The third-order valence-electron chi connectivity index (χ3n) is 5.36. The average Bonchev–Trinajstić information content (AvgIpc) is 2.83. The van der Waals surface area contributed by atoms with E-state index >= 15 is 0 Å². The molecule has 35 heavy (non-hydrogen) atoms. The van der Waals surface area contributed by atoms with Gasteiger partial charge in [0.2, 0.25) is 5.91 Å². The predicted octanol–water partition coefficient (Wildman–Crippen LogP) is 4.40. The van der Waals surface area contributed by atoms with E-state index in [2.05, 4.69) is 5.32 Å². The smallest absolute Gasteiger partial charge is 0.264 e. The molecule has 1 amide bonds. The molecule has 3 rings (SSSR count). The number of hydrogen-bond acceptors (Lipinski definition) is 5. The third-order valence-corrected chi connectivity index (χ3v) is 7.13. The minimum absolute atomic E-state index is 0.0976. The van der Waals surface area contributed by atoms with Gasteiger partial charge in [-0.25, -0.2) is 8.42 Å². The fourth-order valence-corrected chi connectivity index (χ4v) is 4.91. The Morgan fingerprint density at radius 1 is 0.886 bits per heavy atom. The van der Waals surface area contributed by atoms with E-state index in [0.29, 0.717) is 18.0 Å². The molecule has 186 valence electrons. The minimum atomic E-state index is -4.03. The summed E-state index contributed by atoms with van der Waals surface area (Å²) in [6.07, 6.45) is 0. The molecule has 0 fully saturated rings. The van der Waals surface area contributed by atoms with Crippen molar-refractivity contribution in [3.05, 3.63) is 83.4 Å². The minimum Gasteiger partial charge on any atom is -0.492 e. The third kappa shape index (κ3) is 6.76. The Hall–Kier alpha value is -3.52. The second-order valence-corrected chi connectivity index (χ2v) is 10.1. The SMILES string of the molecule is CCOc1ccccc1N(CC(=O)NCCOc1cc(C)ccc1C)S(=O)(=O)c1ccc(C)cc1. The highest BCUT2D eigenvalue weighted by molar-refractivity contribution is 7.92. The van der Waals surface area contributed by atoms with Gasteiger partial charge in [0, 0.05) is 0 Å². The van der Waals surface area contributed by atoms with Crippen LogP contribution in [0.1, 0.15) is 23.6 Å². The van der Waals surface area contributed by atoms with Crippen LogP contribution in [0.5, 0.6) is 11.5 Å². The number of nitrogens with zero attached hydrogens (tertiary/aromatic N) is 1. The monoisotopic (exact) mass is 496 g/mol. The van der Waals surface area contributed by atoms with Crippen molar-refractivity contribution < 1.29 is 22.7 Å². The Labute approximate surface area is 207 Å². The van der Waals surface area contributed by atoms with Gasteiger partial charge in [0.05, 0.1) is 23.7 Å². The largest absolute Gasteiger partial charge is 0.492 e. The molecule has 0 bridgehead atoms. The number of anilines is 1. The number of nitrogens with one attached hydrogen (secondary N) is 1. The topological polar surface area (TPSA) is 84.9 Å². The maximum absolute atomic E-state index is 13.6. The average molecular weight is 497 g/mol. The summed E-state index contributed by atoms with van der Waals surface area (Å²) in [5.41, 5.74) is 3.33. The molecule has 1 N–H and O–H groups in total. The molecule has 0 saturated carbocycles. The first-order chi connectivity index (χ1) is 16.7. The Kier molecular flexibility index (Phi) is 8.76. The van der Waals surface area contributed by atoms with Gasteiger partial charge >= 0.3 is 0 Å². The molecule has 0 aliphatic carbocycles. The molecule has 0 aliphatic heterocycles. The van der Waals surface area contributed by atoms with Crippen molar-refractivity contribution in [1.29, 1.82) is 0 Å². The summed E-state index contributed by atoms with van der Waals surface area (Å²) < 4.78 is 39.7. The first-order valence-corrected chi connectivity index (χ1v) is 12.9. The number of carbonyl (C=O) groups is 1. The van der Waals surface area contributed by atoms with E-state index in [9.17, 15) is 13.2 Å². The van der Waals surface area contributed by atoms with Crippen LogP contribution in [0.2, 0.25) is 0 Å². The molecule has 0 atom stereocenters. The Morgan fingerprint density at radius 3 is 2.29 bits per heavy atom. The quantitative estimate of drug-likeness (QED) is 0.398. The predicted molar refractivity (Wildman–Crippen MR) is 138 cm³/mol. The maximum atomic E-state index is 13.6. The van der Waals surface area contributed by atoms with E-state index in [1.165, 1.54) is 12.1 Å². The van der Waals surface area contributed by atoms with E-state index < -0.39 is 22.5 Å². The van der Waals surface area contributed by atoms with Gasteiger partial charge in [0.25, 0.3) is 10.0 Å². The van der Waals surface area contributed by atoms with Crippen molar-refractivity contribution in [3.8, 4) is 11.5 Å². The van der Waals surface area contributed by atoms with Crippen LogP contribution < -0.4 is 19.1 Å². The zero-order valence-corrected chi connectivity index (χ0v) is 21.4. The molecule has 0 aromatic heterocycles. The van der Waals surface area contributed by atoms with E-state index in [1.807, 2.05) is 45.9 Å². The normalized spacial score (nSPS) is 11.1. The van der Waals surface area contributed by atoms with Crippen molar-refractivity contribution in [1.82, 2.24) is 5.32 Å². The molecule has 0 unspecified atom stereocenters. The van der Waals surface area contributed by atoms with Gasteiger partial charge in [0.15, 0.2) is 0 Å². The summed E-state index contributed by atoms with van der Waals surface area (Å²) >= 11 is 0. The van der Waals surface area contributed by atoms with Crippen LogP contribution in [0.25, 0.3) is 0 Å². The molecule has 0 radical (unpaired) electrons. The standard InChI is InChI=1S/C27H32N2O5S/c1-5-33-25-9-7-6-8-24(25)29(35(31,32)23-14-11-20(2)12-15-23)19-27(30)28-16-17-34-26-18-21(3)10-13-22(26)4/h6-15,18H,5,16-17,19H2,1-4H3,(H,28,30). The van der Waals surface area contributed by atoms with Gasteiger partial charge in [-0.3, -0.25) is 9.10 Å². The van der Waals surface area contributed by atoms with E-state index in [0.717, 1.165) is 26.7 Å². The van der Waals surface area contributed by atoms with Crippen molar-refractivity contribution >= 4 is 21.6 Å². The van der Waals surface area contributed by atoms with Crippen LogP contribution in [-0.2, 0) is 14.8 Å². The molecule has 7 nitrogen and oxygen atoms in total. The van der Waals surface area contributed by atoms with Gasteiger partial charge in [-0.2, -0.15) is 0 Å². The molecule has 3 aromatic carbocycles. The number of carbonyl (C=O) groups excluding carboxylic acids is 1. The summed E-state index contributed by atoms with van der Waals surface area (Å²) in [6, 6.07) is 19.3. The van der Waals surface area contributed by atoms with E-state index in [1.54, 1.807) is 36.4 Å². The second-order valence-electron chi connectivity index (χ2n) is 8.19. The highest BCUT2D eigenvalue weighted by Gasteiger charge is 2.29. The number of benzene rings is 3. The summed E-state index contributed by atoms with van der Waals surface area (Å²) in [6.45, 7) is 8.09. The second kappa shape index (κ2) is 11.8. The summed E-state index contributed by atoms with van der Waals surface area (Å²) in [5.74, 6) is 0.696. The first kappa shape index (κ1) is 26.1. The summed E-state index contributed by atoms with van der Waals surface area (Å²) in [5, 5.41) is 2.76. The first-order valence-electron chi connectivity index (χ1n) is 11.5. The molecular weight excluding hydrogens is 464 g/mol. The fourth-order valence-electron chi connectivity index (χ4n) is 3.48. The highest BCUT2D eigenvalue weighted by atomic mass is 32.2. The lowest BCUT2D eigenvalue weighted by Gasteiger charge is -2.26. The zero-order valence-electron chi connectivity index (χ0n) is 20.6. The van der Waals surface area contributed by atoms with Crippen molar-refractivity contribution in [2.45, 2.75) is 32.6 Å². The van der Waals surface area contributed by atoms with E-state index in [-0.39, 0.29) is 18.0 Å². The van der Waals surface area contributed by atoms with Crippen molar-refractivity contribution in [3.63, 3.8) is 0 Å². The number of aryl methyl sites for hydroxylation is 3. The van der Waals surface area contributed by atoms with Gasteiger partial charge in [-0.1, -0.05) is 42.0 Å². The van der Waals surface area contributed by atoms with Crippen LogP contribution in [0, 0.1) is 20.8 Å². The van der Waals surface area contributed by atoms with Crippen molar-refractivity contribution in [2.24, 2.45) is 0 Å². The molecule has 0 spiro atoms. The number of hydrogen-bond donors (Lipinski definition) is 1. The number of para-hydroxylation sites is 2. The van der Waals surface area contributed by atoms with Gasteiger partial charge < -0.3 is 14.8 Å². The zero-order chi connectivity index (χ0) is 25.4. The number of sulfonamides is 1. The van der Waals surface area contributed by atoms with Gasteiger partial charge in [-0.15, -0.1) is 0 Å². The Bertz CT molecular complexity index is 1260. The van der Waals surface area contributed by atoms with Crippen LogP contribution in [0.4, 0.5) is 5.69 Å². The number of ether oxygens (including phenoxy) is 2. The molecule has 3 aromatic rings. The van der Waals surface area contributed by atoms with Crippen LogP contribution >= 0.6 is 0 Å². The Balaban J connectivity index is 1.77. The summed E-state index contributed by atoms with van der Waals surface area (Å²) in [4.78, 5) is 12.9. The molecule has 0 heterocycles. The number of rotatable bonds is 11. The lowest BCUT2D eigenvalue weighted by molar-refractivity contribution is -0.119. The van der Waals surface area contributed by atoms with Crippen LogP contribution in [0.15, 0.2) is 71.6 Å². The maximum Gasteiger partial charge on any atom is 0.264 e. The van der Waals surface area contributed by atoms with Crippen molar-refractivity contribution in [2.75, 3.05) is 30.6 Å². The molecular formula is C27H32N2O5S. The fraction of sp³-hybridized carbons (Fsp3) is 0.296. The molecule has 8 heteroatoms. The van der Waals surface area contributed by atoms with Gasteiger partial charge in [-0.05, 0) is 69.2 Å². The Morgan fingerprint density at radius 2 is 1.57 bits per heavy atom.